The molecule has 2 N–H and O–H groups in total. The number of aryl methyl sites for hydroxylation is 1. The van der Waals surface area contributed by atoms with Crippen molar-refractivity contribution in [3.8, 4) is 0 Å². The third-order valence-electron chi connectivity index (χ3n) is 4.38. The molecule has 0 atom stereocenters. The number of anilines is 1. The highest BCUT2D eigenvalue weighted by Gasteiger charge is 2.33. The normalized spacial score (nSPS) is 11.2. The lowest BCUT2D eigenvalue weighted by Crippen LogP contribution is -2.25. The van der Waals surface area contributed by atoms with E-state index in [0.717, 1.165) is 12.1 Å². The molecule has 0 saturated heterocycles. The number of amides is 2. The Morgan fingerprint density at radius 2 is 1.90 bits per heavy atom. The maximum absolute atomic E-state index is 13.2. The van der Waals surface area contributed by atoms with Gasteiger partial charge in [-0.2, -0.15) is 13.2 Å². The van der Waals surface area contributed by atoms with Crippen LogP contribution in [0, 0.1) is 5.82 Å². The number of benzene rings is 2. The fourth-order valence-electron chi connectivity index (χ4n) is 2.86. The minimum absolute atomic E-state index is 0.156. The zero-order chi connectivity index (χ0) is 22.4. The number of hydrogen-bond donors (Lipinski definition) is 2. The van der Waals surface area contributed by atoms with E-state index in [2.05, 4.69) is 15.6 Å². The molecular weight excluding hydrogens is 416 g/mol. The number of carbonyl (C=O) groups is 2. The summed E-state index contributed by atoms with van der Waals surface area (Å²) in [6, 6.07) is 8.28. The van der Waals surface area contributed by atoms with E-state index >= 15 is 0 Å². The van der Waals surface area contributed by atoms with Gasteiger partial charge in [0, 0.05) is 43.2 Å². The average molecular weight is 434 g/mol. The highest BCUT2D eigenvalue weighted by Crippen LogP contribution is 2.32. The fourth-order valence-corrected chi connectivity index (χ4v) is 2.86. The maximum atomic E-state index is 13.2. The van der Waals surface area contributed by atoms with Crippen molar-refractivity contribution in [3.63, 3.8) is 0 Å². The summed E-state index contributed by atoms with van der Waals surface area (Å²) in [6.07, 6.45) is 0.358. The average Bonchev–Trinajstić information content (AvgIpc) is 3.24. The van der Waals surface area contributed by atoms with Gasteiger partial charge in [0.2, 0.25) is 5.91 Å². The molecule has 1 aromatic heterocycles. The van der Waals surface area contributed by atoms with Crippen molar-refractivity contribution in [1.29, 1.82) is 0 Å². The van der Waals surface area contributed by atoms with Crippen molar-refractivity contribution >= 4 is 17.5 Å². The SMILES string of the molecule is O=C(CCn1ccnc1)Nc1cccc(C(=O)NCc2ccc(F)cc2C(F)(F)F)c1. The van der Waals surface area contributed by atoms with Crippen LogP contribution in [-0.4, -0.2) is 21.4 Å². The van der Waals surface area contributed by atoms with Gasteiger partial charge in [-0.3, -0.25) is 9.59 Å². The number of hydrogen-bond acceptors (Lipinski definition) is 3. The molecule has 0 spiro atoms. The summed E-state index contributed by atoms with van der Waals surface area (Å²) in [4.78, 5) is 28.3. The van der Waals surface area contributed by atoms with Gasteiger partial charge in [-0.15, -0.1) is 0 Å². The van der Waals surface area contributed by atoms with Crippen LogP contribution in [0.25, 0.3) is 0 Å². The summed E-state index contributed by atoms with van der Waals surface area (Å²) < 4.78 is 54.2. The smallest absolute Gasteiger partial charge is 0.348 e. The number of aromatic nitrogens is 2. The molecule has 0 radical (unpaired) electrons. The molecule has 0 aliphatic carbocycles. The lowest BCUT2D eigenvalue weighted by atomic mass is 10.1. The van der Waals surface area contributed by atoms with Crippen molar-refractivity contribution in [2.75, 3.05) is 5.32 Å². The Bertz CT molecular complexity index is 1070. The van der Waals surface area contributed by atoms with Crippen molar-refractivity contribution in [2.24, 2.45) is 0 Å². The molecule has 0 bridgehead atoms. The van der Waals surface area contributed by atoms with E-state index in [1.165, 1.54) is 12.1 Å². The first-order valence-electron chi connectivity index (χ1n) is 9.22. The standard InChI is InChI=1S/C21H18F4N4O2/c22-16-5-4-15(18(11-16)21(23,24)25)12-27-20(31)14-2-1-3-17(10-14)28-19(30)6-8-29-9-7-26-13-29/h1-5,7,9-11,13H,6,8,12H2,(H,27,31)(H,28,30). The Balaban J connectivity index is 1.61. The number of carbonyl (C=O) groups excluding carboxylic acids is 2. The highest BCUT2D eigenvalue weighted by atomic mass is 19.4. The van der Waals surface area contributed by atoms with Gasteiger partial charge in [0.25, 0.3) is 5.91 Å². The van der Waals surface area contributed by atoms with Crippen molar-refractivity contribution in [3.05, 3.63) is 83.7 Å². The van der Waals surface area contributed by atoms with E-state index in [1.807, 2.05) is 0 Å². The first-order valence-corrected chi connectivity index (χ1v) is 9.22. The summed E-state index contributed by atoms with van der Waals surface area (Å²) in [5.74, 6) is -1.92. The minimum Gasteiger partial charge on any atom is -0.348 e. The van der Waals surface area contributed by atoms with Gasteiger partial charge >= 0.3 is 6.18 Å². The predicted molar refractivity (Wildman–Crippen MR) is 104 cm³/mol. The number of imidazole rings is 1. The molecule has 0 unspecified atom stereocenters. The molecule has 2 amide bonds. The first kappa shape index (κ1) is 22.0. The van der Waals surface area contributed by atoms with Gasteiger partial charge < -0.3 is 15.2 Å². The second-order valence-electron chi connectivity index (χ2n) is 6.66. The van der Waals surface area contributed by atoms with E-state index in [9.17, 15) is 27.2 Å². The molecule has 0 fully saturated rings. The van der Waals surface area contributed by atoms with Crippen molar-refractivity contribution in [2.45, 2.75) is 25.7 Å². The molecule has 6 nitrogen and oxygen atoms in total. The van der Waals surface area contributed by atoms with Gasteiger partial charge in [-0.1, -0.05) is 12.1 Å². The number of alkyl halides is 3. The molecule has 0 aliphatic heterocycles. The van der Waals surface area contributed by atoms with Crippen LogP contribution in [0.2, 0.25) is 0 Å². The zero-order valence-electron chi connectivity index (χ0n) is 16.1. The van der Waals surface area contributed by atoms with E-state index in [-0.39, 0.29) is 23.5 Å². The predicted octanol–water partition coefficient (Wildman–Crippen LogP) is 4.00. The summed E-state index contributed by atoms with van der Waals surface area (Å²) in [5, 5.41) is 5.05. The Labute approximate surface area is 174 Å². The molecule has 3 aromatic rings. The fraction of sp³-hybridized carbons (Fsp3) is 0.190. The molecular formula is C21H18F4N4O2. The zero-order valence-corrected chi connectivity index (χ0v) is 16.1. The van der Waals surface area contributed by atoms with E-state index in [4.69, 9.17) is 0 Å². The Kier molecular flexibility index (Phi) is 6.68. The number of rotatable bonds is 7. The van der Waals surface area contributed by atoms with Crippen molar-refractivity contribution < 1.29 is 27.2 Å². The van der Waals surface area contributed by atoms with Crippen LogP contribution < -0.4 is 10.6 Å². The minimum atomic E-state index is -4.75. The van der Waals surface area contributed by atoms with E-state index < -0.39 is 30.0 Å². The largest absolute Gasteiger partial charge is 0.416 e. The monoisotopic (exact) mass is 434 g/mol. The van der Waals surface area contributed by atoms with Crippen LogP contribution in [0.4, 0.5) is 23.2 Å². The lowest BCUT2D eigenvalue weighted by Gasteiger charge is -2.14. The molecule has 1 heterocycles. The highest BCUT2D eigenvalue weighted by molar-refractivity contribution is 5.97. The number of nitrogens with zero attached hydrogens (tertiary/aromatic N) is 2. The molecule has 0 aliphatic rings. The van der Waals surface area contributed by atoms with Gasteiger partial charge in [0.05, 0.1) is 11.9 Å². The van der Waals surface area contributed by atoms with Crippen LogP contribution in [0.5, 0.6) is 0 Å². The number of halogens is 4. The van der Waals surface area contributed by atoms with Crippen LogP contribution in [0.1, 0.15) is 27.9 Å². The first-order chi connectivity index (χ1) is 14.7. The topological polar surface area (TPSA) is 76.0 Å². The Morgan fingerprint density at radius 1 is 1.10 bits per heavy atom. The summed E-state index contributed by atoms with van der Waals surface area (Å²) in [5.41, 5.74) is -0.873. The quantitative estimate of drug-likeness (QED) is 0.552. The van der Waals surface area contributed by atoms with Crippen LogP contribution in [0.15, 0.2) is 61.2 Å². The van der Waals surface area contributed by atoms with Crippen molar-refractivity contribution in [1.82, 2.24) is 14.9 Å². The van der Waals surface area contributed by atoms with Gasteiger partial charge in [0.15, 0.2) is 0 Å². The Hall–Kier alpha value is -3.69. The maximum Gasteiger partial charge on any atom is 0.416 e. The molecule has 0 saturated carbocycles. The molecule has 10 heteroatoms. The third-order valence-corrected chi connectivity index (χ3v) is 4.38. The van der Waals surface area contributed by atoms with E-state index in [1.54, 1.807) is 35.4 Å². The van der Waals surface area contributed by atoms with Crippen LogP contribution in [-0.2, 0) is 24.1 Å². The Morgan fingerprint density at radius 3 is 2.61 bits per heavy atom. The number of nitrogens with one attached hydrogen (secondary N) is 2. The second-order valence-corrected chi connectivity index (χ2v) is 6.66. The molecule has 162 valence electrons. The van der Waals surface area contributed by atoms with Gasteiger partial charge in [-0.05, 0) is 35.9 Å². The second kappa shape index (κ2) is 9.41. The third kappa shape index (κ3) is 6.14. The lowest BCUT2D eigenvalue weighted by molar-refractivity contribution is -0.138. The molecule has 31 heavy (non-hydrogen) atoms. The molecule has 2 aromatic carbocycles. The summed E-state index contributed by atoms with van der Waals surface area (Å²) in [7, 11) is 0. The van der Waals surface area contributed by atoms with Crippen LogP contribution in [0.3, 0.4) is 0 Å². The van der Waals surface area contributed by atoms with Gasteiger partial charge in [0.1, 0.15) is 5.82 Å². The van der Waals surface area contributed by atoms with Gasteiger partial charge in [-0.25, -0.2) is 9.37 Å². The van der Waals surface area contributed by atoms with Crippen LogP contribution >= 0.6 is 0 Å². The summed E-state index contributed by atoms with van der Waals surface area (Å²) >= 11 is 0. The van der Waals surface area contributed by atoms with E-state index in [0.29, 0.717) is 18.3 Å². The summed E-state index contributed by atoms with van der Waals surface area (Å²) in [6.45, 7) is 0.000663. The molecule has 3 rings (SSSR count).